The Morgan fingerprint density at radius 2 is 1.64 bits per heavy atom. The van der Waals surface area contributed by atoms with Crippen LogP contribution in [0, 0.1) is 0 Å². The Balaban J connectivity index is 1.86. The van der Waals surface area contributed by atoms with Crippen LogP contribution in [0.15, 0.2) is 48.5 Å². The van der Waals surface area contributed by atoms with Crippen LogP contribution in [0.3, 0.4) is 0 Å². The molecule has 2 rings (SSSR count). The molecular formula is C22H29NO2. The van der Waals surface area contributed by atoms with Crippen molar-refractivity contribution in [3.8, 4) is 5.75 Å². The molecule has 3 heteroatoms. The van der Waals surface area contributed by atoms with Crippen molar-refractivity contribution in [3.63, 3.8) is 0 Å². The van der Waals surface area contributed by atoms with Gasteiger partial charge in [0.1, 0.15) is 5.75 Å². The fourth-order valence-corrected chi connectivity index (χ4v) is 2.53. The maximum absolute atomic E-state index is 12.1. The Labute approximate surface area is 151 Å². The van der Waals surface area contributed by atoms with Crippen molar-refractivity contribution in [2.24, 2.45) is 0 Å². The van der Waals surface area contributed by atoms with E-state index < -0.39 is 0 Å². The van der Waals surface area contributed by atoms with Gasteiger partial charge in [-0.1, -0.05) is 58.9 Å². The first-order chi connectivity index (χ1) is 11.8. The number of anilines is 1. The zero-order valence-electron chi connectivity index (χ0n) is 15.9. The molecule has 134 valence electrons. The molecule has 0 bridgehead atoms. The van der Waals surface area contributed by atoms with E-state index in [2.05, 4.69) is 52.1 Å². The molecule has 3 nitrogen and oxygen atoms in total. The molecule has 1 N–H and O–H groups in total. The summed E-state index contributed by atoms with van der Waals surface area (Å²) in [6, 6.07) is 15.9. The standard InChI is InChI=1S/C22H29NO2/c1-6-16(2)17-7-13-20(14-8-17)25-15-21(24)23-19-11-9-18(10-12-19)22(3,4)5/h7-14,16H,6,15H2,1-5H3,(H,23,24)/t16-/m0/s1. The highest BCUT2D eigenvalue weighted by molar-refractivity contribution is 5.91. The van der Waals surface area contributed by atoms with Crippen LogP contribution >= 0.6 is 0 Å². The van der Waals surface area contributed by atoms with Gasteiger partial charge in [-0.3, -0.25) is 4.79 Å². The van der Waals surface area contributed by atoms with Crippen molar-refractivity contribution in [2.45, 2.75) is 52.4 Å². The molecule has 0 radical (unpaired) electrons. The van der Waals surface area contributed by atoms with Crippen LogP contribution < -0.4 is 10.1 Å². The first kappa shape index (κ1) is 19.0. The van der Waals surface area contributed by atoms with Gasteiger partial charge in [0, 0.05) is 5.69 Å². The van der Waals surface area contributed by atoms with Gasteiger partial charge in [-0.15, -0.1) is 0 Å². The molecule has 0 fully saturated rings. The molecule has 0 saturated heterocycles. The second-order valence-electron chi connectivity index (χ2n) is 7.54. The van der Waals surface area contributed by atoms with Crippen LogP contribution in [0.25, 0.3) is 0 Å². The molecule has 2 aromatic rings. The number of carbonyl (C=O) groups excluding carboxylic acids is 1. The van der Waals surface area contributed by atoms with Gasteiger partial charge >= 0.3 is 0 Å². The predicted molar refractivity (Wildman–Crippen MR) is 104 cm³/mol. The van der Waals surface area contributed by atoms with Crippen molar-refractivity contribution < 1.29 is 9.53 Å². The summed E-state index contributed by atoms with van der Waals surface area (Å²) in [6.07, 6.45) is 1.11. The lowest BCUT2D eigenvalue weighted by molar-refractivity contribution is -0.118. The summed E-state index contributed by atoms with van der Waals surface area (Å²) in [7, 11) is 0. The Bertz CT molecular complexity index is 681. The van der Waals surface area contributed by atoms with E-state index in [9.17, 15) is 4.79 Å². The van der Waals surface area contributed by atoms with Crippen molar-refractivity contribution >= 4 is 11.6 Å². The molecule has 0 heterocycles. The summed E-state index contributed by atoms with van der Waals surface area (Å²) in [6.45, 7) is 10.9. The van der Waals surface area contributed by atoms with Crippen molar-refractivity contribution in [1.29, 1.82) is 0 Å². The smallest absolute Gasteiger partial charge is 0.262 e. The number of rotatable bonds is 6. The molecule has 0 aliphatic heterocycles. The molecular weight excluding hydrogens is 310 g/mol. The molecule has 0 spiro atoms. The lowest BCUT2D eigenvalue weighted by Gasteiger charge is -2.19. The zero-order valence-corrected chi connectivity index (χ0v) is 15.9. The Morgan fingerprint density at radius 1 is 1.04 bits per heavy atom. The van der Waals surface area contributed by atoms with E-state index in [1.165, 1.54) is 11.1 Å². The third-order valence-electron chi connectivity index (χ3n) is 4.47. The van der Waals surface area contributed by atoms with E-state index in [-0.39, 0.29) is 17.9 Å². The normalized spacial score (nSPS) is 12.5. The van der Waals surface area contributed by atoms with E-state index in [1.807, 2.05) is 36.4 Å². The number of ether oxygens (including phenoxy) is 1. The summed E-state index contributed by atoms with van der Waals surface area (Å²) in [4.78, 5) is 12.1. The minimum atomic E-state index is -0.158. The van der Waals surface area contributed by atoms with Gasteiger partial charge in [-0.05, 0) is 53.1 Å². The fraction of sp³-hybridized carbons (Fsp3) is 0.409. The van der Waals surface area contributed by atoms with Gasteiger partial charge in [0.2, 0.25) is 0 Å². The molecule has 25 heavy (non-hydrogen) atoms. The van der Waals surface area contributed by atoms with Gasteiger partial charge in [0.25, 0.3) is 5.91 Å². The van der Waals surface area contributed by atoms with Crippen LogP contribution in [-0.4, -0.2) is 12.5 Å². The van der Waals surface area contributed by atoms with Crippen molar-refractivity contribution in [2.75, 3.05) is 11.9 Å². The quantitative estimate of drug-likeness (QED) is 0.753. The number of amides is 1. The first-order valence-corrected chi connectivity index (χ1v) is 8.92. The van der Waals surface area contributed by atoms with E-state index in [1.54, 1.807) is 0 Å². The second kappa shape index (κ2) is 8.19. The topological polar surface area (TPSA) is 38.3 Å². The SMILES string of the molecule is CC[C@H](C)c1ccc(OCC(=O)Nc2ccc(C(C)(C)C)cc2)cc1. The predicted octanol–water partition coefficient (Wildman–Crippen LogP) is 5.52. The summed E-state index contributed by atoms with van der Waals surface area (Å²) in [5.74, 6) is 1.09. The van der Waals surface area contributed by atoms with Crippen LogP contribution in [0.4, 0.5) is 5.69 Å². The Hall–Kier alpha value is -2.29. The van der Waals surface area contributed by atoms with E-state index >= 15 is 0 Å². The molecule has 1 amide bonds. The monoisotopic (exact) mass is 339 g/mol. The van der Waals surface area contributed by atoms with Gasteiger partial charge in [0.05, 0.1) is 0 Å². The fourth-order valence-electron chi connectivity index (χ4n) is 2.53. The third-order valence-corrected chi connectivity index (χ3v) is 4.47. The highest BCUT2D eigenvalue weighted by Crippen LogP contribution is 2.24. The highest BCUT2D eigenvalue weighted by atomic mass is 16.5. The van der Waals surface area contributed by atoms with Gasteiger partial charge < -0.3 is 10.1 Å². The van der Waals surface area contributed by atoms with E-state index in [4.69, 9.17) is 4.74 Å². The van der Waals surface area contributed by atoms with Crippen LogP contribution in [0.5, 0.6) is 5.75 Å². The van der Waals surface area contributed by atoms with Gasteiger partial charge in [0.15, 0.2) is 6.61 Å². The average Bonchev–Trinajstić information content (AvgIpc) is 2.59. The number of benzene rings is 2. The number of hydrogen-bond donors (Lipinski definition) is 1. The van der Waals surface area contributed by atoms with Crippen LogP contribution in [0.2, 0.25) is 0 Å². The Kier molecular flexibility index (Phi) is 6.24. The lowest BCUT2D eigenvalue weighted by Crippen LogP contribution is -2.20. The lowest BCUT2D eigenvalue weighted by atomic mass is 9.87. The number of carbonyl (C=O) groups is 1. The van der Waals surface area contributed by atoms with Crippen LogP contribution in [0.1, 0.15) is 58.1 Å². The first-order valence-electron chi connectivity index (χ1n) is 8.92. The summed E-state index contributed by atoms with van der Waals surface area (Å²) < 4.78 is 5.57. The summed E-state index contributed by atoms with van der Waals surface area (Å²) in [5, 5.41) is 2.87. The summed E-state index contributed by atoms with van der Waals surface area (Å²) in [5.41, 5.74) is 3.42. The number of hydrogen-bond acceptors (Lipinski definition) is 2. The largest absolute Gasteiger partial charge is 0.484 e. The maximum atomic E-state index is 12.1. The molecule has 0 aromatic heterocycles. The van der Waals surface area contributed by atoms with Gasteiger partial charge in [-0.2, -0.15) is 0 Å². The molecule has 2 aromatic carbocycles. The second-order valence-corrected chi connectivity index (χ2v) is 7.54. The third kappa shape index (κ3) is 5.63. The zero-order chi connectivity index (χ0) is 18.4. The van der Waals surface area contributed by atoms with E-state index in [0.29, 0.717) is 11.7 Å². The minimum Gasteiger partial charge on any atom is -0.484 e. The Morgan fingerprint density at radius 3 is 2.16 bits per heavy atom. The number of nitrogens with one attached hydrogen (secondary N) is 1. The van der Waals surface area contributed by atoms with Crippen molar-refractivity contribution in [1.82, 2.24) is 0 Å². The molecule has 1 atom stereocenters. The highest BCUT2D eigenvalue weighted by Gasteiger charge is 2.13. The summed E-state index contributed by atoms with van der Waals surface area (Å²) >= 11 is 0. The van der Waals surface area contributed by atoms with Gasteiger partial charge in [-0.25, -0.2) is 0 Å². The minimum absolute atomic E-state index is 0.00367. The molecule has 0 aliphatic carbocycles. The average molecular weight is 339 g/mol. The maximum Gasteiger partial charge on any atom is 0.262 e. The molecule has 0 saturated carbocycles. The van der Waals surface area contributed by atoms with E-state index in [0.717, 1.165) is 12.1 Å². The van der Waals surface area contributed by atoms with Crippen LogP contribution in [-0.2, 0) is 10.2 Å². The van der Waals surface area contributed by atoms with Crippen molar-refractivity contribution in [3.05, 3.63) is 59.7 Å². The molecule has 0 unspecified atom stereocenters. The molecule has 0 aliphatic rings.